The number of aryl methyl sites for hydroxylation is 1. The molecular weight excluding hydrogens is 420 g/mol. The van der Waals surface area contributed by atoms with Gasteiger partial charge in [0.05, 0.1) is 0 Å². The Morgan fingerprint density at radius 2 is 2.00 bits per heavy atom. The van der Waals surface area contributed by atoms with Crippen molar-refractivity contribution in [2.45, 2.75) is 20.0 Å². The molecule has 4 aromatic rings. The first-order valence-corrected chi connectivity index (χ1v) is 10.5. The van der Waals surface area contributed by atoms with Gasteiger partial charge in [-0.3, -0.25) is 10.1 Å². The molecule has 7 heteroatoms. The predicted molar refractivity (Wildman–Crippen MR) is 119 cm³/mol. The summed E-state index contributed by atoms with van der Waals surface area (Å²) in [4.78, 5) is 17.8. The molecule has 0 aliphatic rings. The largest absolute Gasteiger partial charge is 0.486 e. The minimum atomic E-state index is -0.347. The molecule has 4 rings (SSSR count). The molecule has 0 fully saturated rings. The molecule has 1 amide bonds. The molecule has 30 heavy (non-hydrogen) atoms. The van der Waals surface area contributed by atoms with Crippen LogP contribution < -0.4 is 10.1 Å². The Morgan fingerprint density at radius 1 is 1.17 bits per heavy atom. The maximum absolute atomic E-state index is 12.5. The second-order valence-electron chi connectivity index (χ2n) is 6.76. The second kappa shape index (κ2) is 9.15. The molecule has 152 valence electrons. The minimum absolute atomic E-state index is 0.212. The Bertz CT molecular complexity index is 1150. The number of carbonyl (C=O) groups excluding carboxylic acids is 1. The molecule has 2 aromatic carbocycles. The second-order valence-corrected chi connectivity index (χ2v) is 8.31. The molecule has 0 saturated heterocycles. The van der Waals surface area contributed by atoms with Crippen molar-refractivity contribution in [1.82, 2.24) is 4.98 Å². The fraction of sp³-hybridized carbons (Fsp3) is 0.130. The number of benzene rings is 2. The summed E-state index contributed by atoms with van der Waals surface area (Å²) in [6, 6.07) is 18.8. The van der Waals surface area contributed by atoms with E-state index >= 15 is 0 Å². The van der Waals surface area contributed by atoms with Gasteiger partial charge in [0.15, 0.2) is 10.9 Å². The minimum Gasteiger partial charge on any atom is -0.486 e. The lowest BCUT2D eigenvalue weighted by atomic mass is 10.1. The van der Waals surface area contributed by atoms with Gasteiger partial charge in [-0.25, -0.2) is 4.98 Å². The number of nitrogens with one attached hydrogen (secondary N) is 1. The summed E-state index contributed by atoms with van der Waals surface area (Å²) in [6.07, 6.45) is 2.46. The Morgan fingerprint density at radius 3 is 2.80 bits per heavy atom. The standard InChI is InChI=1S/C23H19ClN2O3S/c1-15-5-7-18(8-6-15)28-14-19-9-10-21(29-19)22(27)26-23-25-13-20(30-23)12-16-3-2-4-17(24)11-16/h2-11,13H,12,14H2,1H3,(H,25,26,27). The van der Waals surface area contributed by atoms with Crippen molar-refractivity contribution in [2.24, 2.45) is 0 Å². The van der Waals surface area contributed by atoms with E-state index in [1.807, 2.05) is 55.5 Å². The van der Waals surface area contributed by atoms with Crippen LogP contribution in [0.15, 0.2) is 71.3 Å². The van der Waals surface area contributed by atoms with Crippen LogP contribution in [-0.2, 0) is 13.0 Å². The summed E-state index contributed by atoms with van der Waals surface area (Å²) in [5, 5.41) is 4.00. The van der Waals surface area contributed by atoms with E-state index in [1.165, 1.54) is 11.3 Å². The van der Waals surface area contributed by atoms with Gasteiger partial charge >= 0.3 is 0 Å². The summed E-state index contributed by atoms with van der Waals surface area (Å²) in [6.45, 7) is 2.27. The van der Waals surface area contributed by atoms with E-state index in [0.29, 0.717) is 22.3 Å². The van der Waals surface area contributed by atoms with Gasteiger partial charge in [0.1, 0.15) is 18.1 Å². The molecule has 0 spiro atoms. The van der Waals surface area contributed by atoms with Crippen LogP contribution in [0.3, 0.4) is 0 Å². The molecule has 2 heterocycles. The molecule has 5 nitrogen and oxygen atoms in total. The van der Waals surface area contributed by atoms with Gasteiger partial charge in [-0.1, -0.05) is 41.4 Å². The van der Waals surface area contributed by atoms with Crippen molar-refractivity contribution in [3.8, 4) is 5.75 Å². The third-order valence-corrected chi connectivity index (χ3v) is 5.48. The summed E-state index contributed by atoms with van der Waals surface area (Å²) >= 11 is 7.45. The highest BCUT2D eigenvalue weighted by Gasteiger charge is 2.14. The first-order chi connectivity index (χ1) is 14.5. The zero-order chi connectivity index (χ0) is 20.9. The van der Waals surface area contributed by atoms with E-state index in [9.17, 15) is 4.79 Å². The molecule has 0 saturated carbocycles. The Kier molecular flexibility index (Phi) is 6.16. The average Bonchev–Trinajstić information content (AvgIpc) is 3.37. The number of carbonyl (C=O) groups is 1. The van der Waals surface area contributed by atoms with Crippen LogP contribution in [0.2, 0.25) is 5.02 Å². The van der Waals surface area contributed by atoms with Gasteiger partial charge in [0.25, 0.3) is 5.91 Å². The fourth-order valence-corrected chi connectivity index (χ4v) is 3.87. The molecule has 0 unspecified atom stereocenters. The van der Waals surface area contributed by atoms with E-state index < -0.39 is 0 Å². The first-order valence-electron chi connectivity index (χ1n) is 9.34. The number of thiazole rings is 1. The number of furan rings is 1. The van der Waals surface area contributed by atoms with E-state index in [-0.39, 0.29) is 18.3 Å². The van der Waals surface area contributed by atoms with Crippen molar-refractivity contribution in [3.63, 3.8) is 0 Å². The normalized spacial score (nSPS) is 10.7. The van der Waals surface area contributed by atoms with Crippen LogP contribution in [0.25, 0.3) is 0 Å². The average molecular weight is 439 g/mol. The van der Waals surface area contributed by atoms with Crippen LogP contribution >= 0.6 is 22.9 Å². The number of ether oxygens (including phenoxy) is 1. The number of halogens is 1. The van der Waals surface area contributed by atoms with E-state index in [2.05, 4.69) is 10.3 Å². The number of hydrogen-bond donors (Lipinski definition) is 1. The smallest absolute Gasteiger partial charge is 0.293 e. The van der Waals surface area contributed by atoms with E-state index in [1.54, 1.807) is 18.3 Å². The SMILES string of the molecule is Cc1ccc(OCc2ccc(C(=O)Nc3ncc(Cc4cccc(Cl)c4)s3)o2)cc1. The third kappa shape index (κ3) is 5.28. The topological polar surface area (TPSA) is 64.4 Å². The number of aromatic nitrogens is 1. The number of anilines is 1. The Balaban J connectivity index is 1.33. The van der Waals surface area contributed by atoms with Gasteiger partial charge < -0.3 is 9.15 Å². The van der Waals surface area contributed by atoms with Crippen LogP contribution in [0.4, 0.5) is 5.13 Å². The van der Waals surface area contributed by atoms with Crippen molar-refractivity contribution in [2.75, 3.05) is 5.32 Å². The highest BCUT2D eigenvalue weighted by atomic mass is 35.5. The first kappa shape index (κ1) is 20.2. The van der Waals surface area contributed by atoms with Crippen molar-refractivity contribution < 1.29 is 13.9 Å². The Labute approximate surface area is 183 Å². The summed E-state index contributed by atoms with van der Waals surface area (Å²) in [7, 11) is 0. The van der Waals surface area contributed by atoms with Crippen molar-refractivity contribution in [3.05, 3.63) is 99.4 Å². The third-order valence-electron chi connectivity index (χ3n) is 4.33. The molecule has 0 radical (unpaired) electrons. The molecule has 0 bridgehead atoms. The van der Waals surface area contributed by atoms with Crippen LogP contribution in [0.1, 0.15) is 32.3 Å². The maximum atomic E-state index is 12.5. The molecule has 0 atom stereocenters. The lowest BCUT2D eigenvalue weighted by molar-refractivity contribution is 0.0992. The maximum Gasteiger partial charge on any atom is 0.293 e. The predicted octanol–water partition coefficient (Wildman–Crippen LogP) is 6.12. The fourth-order valence-electron chi connectivity index (χ4n) is 2.82. The molecule has 2 aromatic heterocycles. The number of hydrogen-bond acceptors (Lipinski definition) is 5. The van der Waals surface area contributed by atoms with Crippen molar-refractivity contribution in [1.29, 1.82) is 0 Å². The van der Waals surface area contributed by atoms with Crippen LogP contribution in [0.5, 0.6) is 5.75 Å². The number of amides is 1. The van der Waals surface area contributed by atoms with Gasteiger partial charge in [-0.05, 0) is 48.9 Å². The molecule has 0 aliphatic heterocycles. The summed E-state index contributed by atoms with van der Waals surface area (Å²) < 4.78 is 11.3. The molecule has 0 aliphatic carbocycles. The zero-order valence-corrected chi connectivity index (χ0v) is 17.8. The number of rotatable bonds is 7. The highest BCUT2D eigenvalue weighted by molar-refractivity contribution is 7.15. The summed E-state index contributed by atoms with van der Waals surface area (Å²) in [5.74, 6) is 1.18. The molecular formula is C23H19ClN2O3S. The summed E-state index contributed by atoms with van der Waals surface area (Å²) in [5.41, 5.74) is 2.26. The Hall–Kier alpha value is -3.09. The zero-order valence-electron chi connectivity index (χ0n) is 16.2. The monoisotopic (exact) mass is 438 g/mol. The highest BCUT2D eigenvalue weighted by Crippen LogP contribution is 2.23. The van der Waals surface area contributed by atoms with Gasteiger partial charge in [0.2, 0.25) is 0 Å². The van der Waals surface area contributed by atoms with E-state index in [4.69, 9.17) is 20.8 Å². The van der Waals surface area contributed by atoms with Gasteiger partial charge in [-0.15, -0.1) is 11.3 Å². The number of nitrogens with zero attached hydrogens (tertiary/aromatic N) is 1. The lowest BCUT2D eigenvalue weighted by Crippen LogP contribution is -2.10. The van der Waals surface area contributed by atoms with Gasteiger partial charge in [0, 0.05) is 22.5 Å². The van der Waals surface area contributed by atoms with E-state index in [0.717, 1.165) is 21.8 Å². The van der Waals surface area contributed by atoms with Crippen LogP contribution in [-0.4, -0.2) is 10.9 Å². The van der Waals surface area contributed by atoms with Gasteiger partial charge in [-0.2, -0.15) is 0 Å². The lowest BCUT2D eigenvalue weighted by Gasteiger charge is -2.04. The molecule has 1 N–H and O–H groups in total. The van der Waals surface area contributed by atoms with Crippen LogP contribution in [0, 0.1) is 6.92 Å². The quantitative estimate of drug-likeness (QED) is 0.377. The van der Waals surface area contributed by atoms with Crippen molar-refractivity contribution >= 4 is 34.0 Å².